The Morgan fingerprint density at radius 2 is 1.19 bits per heavy atom. The topological polar surface area (TPSA) is 104 Å². The van der Waals surface area contributed by atoms with Crippen LogP contribution in [0.25, 0.3) is 0 Å². The largest absolute Gasteiger partial charge is 0.342 e. The molecule has 0 radical (unpaired) electrons. The summed E-state index contributed by atoms with van der Waals surface area (Å²) in [6, 6.07) is 17.4. The van der Waals surface area contributed by atoms with Crippen LogP contribution in [-0.4, -0.2) is 26.9 Å². The van der Waals surface area contributed by atoms with Crippen molar-refractivity contribution < 1.29 is 9.18 Å². The summed E-state index contributed by atoms with van der Waals surface area (Å²) in [4.78, 5) is 26.2. The number of anilines is 6. The number of halogens is 1. The predicted molar refractivity (Wildman–Crippen MR) is 146 cm³/mol. The van der Waals surface area contributed by atoms with Gasteiger partial charge in [-0.05, 0) is 93.3 Å². The minimum atomic E-state index is -0.759. The van der Waals surface area contributed by atoms with Crippen molar-refractivity contribution in [2.45, 2.75) is 40.7 Å². The van der Waals surface area contributed by atoms with Gasteiger partial charge in [0.15, 0.2) is 0 Å². The van der Waals surface area contributed by atoms with Gasteiger partial charge in [-0.2, -0.15) is 15.0 Å². The lowest BCUT2D eigenvalue weighted by Crippen LogP contribution is -2.33. The molecule has 1 heterocycles. The number of nitrogens with one attached hydrogen (secondary N) is 4. The first-order valence-electron chi connectivity index (χ1n) is 11.9. The summed E-state index contributed by atoms with van der Waals surface area (Å²) in [7, 11) is 0. The van der Waals surface area contributed by atoms with Crippen molar-refractivity contribution in [3.8, 4) is 0 Å². The predicted octanol–water partition coefficient (Wildman–Crippen LogP) is 6.17. The molecular formula is C28H30FN7O. The van der Waals surface area contributed by atoms with E-state index in [1.54, 1.807) is 19.1 Å². The summed E-state index contributed by atoms with van der Waals surface area (Å²) in [6.45, 7) is 9.71. The van der Waals surface area contributed by atoms with E-state index < -0.39 is 17.8 Å². The van der Waals surface area contributed by atoms with Crippen LogP contribution in [0.2, 0.25) is 0 Å². The number of hydrogen-bond donors (Lipinski definition) is 4. The lowest BCUT2D eigenvalue weighted by atomic mass is 10.1. The molecule has 37 heavy (non-hydrogen) atoms. The third-order valence-corrected chi connectivity index (χ3v) is 5.46. The Morgan fingerprint density at radius 3 is 1.68 bits per heavy atom. The number of nitrogens with zero attached hydrogens (tertiary/aromatic N) is 3. The zero-order valence-electron chi connectivity index (χ0n) is 21.5. The van der Waals surface area contributed by atoms with Gasteiger partial charge in [0.2, 0.25) is 23.8 Å². The molecule has 9 heteroatoms. The third-order valence-electron chi connectivity index (χ3n) is 5.46. The van der Waals surface area contributed by atoms with Gasteiger partial charge < -0.3 is 21.3 Å². The standard InChI is InChI=1S/C28H30FN7O/c1-16-10-17(2)13-21(12-16)31-27-34-26(30-20(5)25(37)33-24-9-7-6-8-23(24)29)35-28(36-27)32-22-14-18(3)11-19(4)15-22/h6-15,20H,1-5H3,(H,33,37)(H3,30,31,32,34,35,36)/t20-/m1/s1. The van der Waals surface area contributed by atoms with Crippen LogP contribution in [0.1, 0.15) is 29.2 Å². The molecule has 0 bridgehead atoms. The smallest absolute Gasteiger partial charge is 0.246 e. The first-order chi connectivity index (χ1) is 17.6. The molecular weight excluding hydrogens is 469 g/mol. The Bertz CT molecular complexity index is 1330. The Morgan fingerprint density at radius 1 is 0.730 bits per heavy atom. The number of aryl methyl sites for hydroxylation is 4. The van der Waals surface area contributed by atoms with Crippen LogP contribution < -0.4 is 21.3 Å². The van der Waals surface area contributed by atoms with E-state index in [1.807, 2.05) is 52.0 Å². The molecule has 0 aliphatic heterocycles. The van der Waals surface area contributed by atoms with Gasteiger partial charge in [0, 0.05) is 11.4 Å². The quantitative estimate of drug-likeness (QED) is 0.230. The van der Waals surface area contributed by atoms with Crippen LogP contribution in [-0.2, 0) is 4.79 Å². The molecule has 1 aromatic heterocycles. The number of aromatic nitrogens is 3. The maximum atomic E-state index is 14.0. The van der Waals surface area contributed by atoms with Gasteiger partial charge >= 0.3 is 0 Å². The number of para-hydroxylation sites is 1. The molecule has 8 nitrogen and oxygen atoms in total. The SMILES string of the molecule is Cc1cc(C)cc(Nc2nc(Nc3cc(C)cc(C)c3)nc(N[C@H](C)C(=O)Nc3ccccc3F)n2)c1. The first-order valence-corrected chi connectivity index (χ1v) is 11.9. The average Bonchev–Trinajstić information content (AvgIpc) is 2.79. The van der Waals surface area contributed by atoms with E-state index in [0.29, 0.717) is 11.9 Å². The first kappa shape index (κ1) is 25.6. The van der Waals surface area contributed by atoms with Gasteiger partial charge in [-0.3, -0.25) is 4.79 Å². The summed E-state index contributed by atoms with van der Waals surface area (Å²) in [5.74, 6) is -0.154. The highest BCUT2D eigenvalue weighted by Crippen LogP contribution is 2.22. The average molecular weight is 500 g/mol. The van der Waals surface area contributed by atoms with E-state index in [4.69, 9.17) is 0 Å². The highest BCUT2D eigenvalue weighted by atomic mass is 19.1. The van der Waals surface area contributed by atoms with Gasteiger partial charge in [-0.15, -0.1) is 0 Å². The molecule has 0 fully saturated rings. The molecule has 0 unspecified atom stereocenters. The van der Waals surface area contributed by atoms with Crippen molar-refractivity contribution in [2.75, 3.05) is 21.3 Å². The molecule has 4 N–H and O–H groups in total. The summed E-state index contributed by atoms with van der Waals surface area (Å²) < 4.78 is 14.0. The summed E-state index contributed by atoms with van der Waals surface area (Å²) >= 11 is 0. The molecule has 4 aromatic rings. The maximum absolute atomic E-state index is 14.0. The molecule has 0 aliphatic rings. The molecule has 0 saturated heterocycles. The molecule has 0 aliphatic carbocycles. The molecule has 1 amide bonds. The number of benzene rings is 3. The highest BCUT2D eigenvalue weighted by molar-refractivity contribution is 5.96. The summed E-state index contributed by atoms with van der Waals surface area (Å²) in [5.41, 5.74) is 6.16. The monoisotopic (exact) mass is 499 g/mol. The zero-order chi connectivity index (χ0) is 26.5. The van der Waals surface area contributed by atoms with Gasteiger partial charge in [-0.25, -0.2) is 4.39 Å². The fourth-order valence-electron chi connectivity index (χ4n) is 3.97. The van der Waals surface area contributed by atoms with Crippen LogP contribution >= 0.6 is 0 Å². The summed E-state index contributed by atoms with van der Waals surface area (Å²) in [6.07, 6.45) is 0. The highest BCUT2D eigenvalue weighted by Gasteiger charge is 2.17. The second kappa shape index (κ2) is 11.0. The Labute approximate surface area is 215 Å². The van der Waals surface area contributed by atoms with Crippen LogP contribution in [0.15, 0.2) is 60.7 Å². The van der Waals surface area contributed by atoms with Crippen molar-refractivity contribution in [3.05, 3.63) is 88.7 Å². The van der Waals surface area contributed by atoms with Gasteiger partial charge in [0.1, 0.15) is 11.9 Å². The normalized spacial score (nSPS) is 11.5. The lowest BCUT2D eigenvalue weighted by Gasteiger charge is -2.16. The fourth-order valence-corrected chi connectivity index (χ4v) is 3.97. The third kappa shape index (κ3) is 7.00. The second-order valence-corrected chi connectivity index (χ2v) is 9.14. The van der Waals surface area contributed by atoms with Crippen molar-refractivity contribution in [1.82, 2.24) is 15.0 Å². The van der Waals surface area contributed by atoms with Crippen LogP contribution in [0.5, 0.6) is 0 Å². The van der Waals surface area contributed by atoms with Crippen molar-refractivity contribution >= 4 is 40.8 Å². The molecule has 3 aromatic carbocycles. The minimum Gasteiger partial charge on any atom is -0.342 e. The molecule has 0 saturated carbocycles. The van der Waals surface area contributed by atoms with Gasteiger partial charge in [0.25, 0.3) is 0 Å². The molecule has 190 valence electrons. The van der Waals surface area contributed by atoms with E-state index in [2.05, 4.69) is 48.4 Å². The van der Waals surface area contributed by atoms with Crippen molar-refractivity contribution in [1.29, 1.82) is 0 Å². The molecule has 4 rings (SSSR count). The lowest BCUT2D eigenvalue weighted by molar-refractivity contribution is -0.116. The Hall–Kier alpha value is -4.53. The molecule has 1 atom stereocenters. The van der Waals surface area contributed by atoms with Crippen molar-refractivity contribution in [2.24, 2.45) is 0 Å². The van der Waals surface area contributed by atoms with Crippen LogP contribution in [0, 0.1) is 33.5 Å². The number of rotatable bonds is 8. The van der Waals surface area contributed by atoms with E-state index in [-0.39, 0.29) is 11.6 Å². The zero-order valence-corrected chi connectivity index (χ0v) is 21.5. The Kier molecular flexibility index (Phi) is 7.62. The van der Waals surface area contributed by atoms with E-state index in [9.17, 15) is 9.18 Å². The van der Waals surface area contributed by atoms with Crippen molar-refractivity contribution in [3.63, 3.8) is 0 Å². The van der Waals surface area contributed by atoms with E-state index in [1.165, 1.54) is 12.1 Å². The number of carbonyl (C=O) groups excluding carboxylic acids is 1. The summed E-state index contributed by atoms with van der Waals surface area (Å²) in [5, 5.41) is 12.1. The fraction of sp³-hybridized carbons (Fsp3) is 0.214. The van der Waals surface area contributed by atoms with Crippen LogP contribution in [0.3, 0.4) is 0 Å². The number of carbonyl (C=O) groups is 1. The minimum absolute atomic E-state index is 0.103. The number of hydrogen-bond acceptors (Lipinski definition) is 7. The second-order valence-electron chi connectivity index (χ2n) is 9.14. The number of amides is 1. The van der Waals surface area contributed by atoms with Crippen LogP contribution in [0.4, 0.5) is 39.3 Å². The van der Waals surface area contributed by atoms with E-state index in [0.717, 1.165) is 33.6 Å². The Balaban J connectivity index is 1.61. The maximum Gasteiger partial charge on any atom is 0.246 e. The van der Waals surface area contributed by atoms with E-state index >= 15 is 0 Å². The van der Waals surface area contributed by atoms with Gasteiger partial charge in [0.05, 0.1) is 5.69 Å². The van der Waals surface area contributed by atoms with Gasteiger partial charge in [-0.1, -0.05) is 24.3 Å². The molecule has 0 spiro atoms.